The van der Waals surface area contributed by atoms with Gasteiger partial charge in [0.15, 0.2) is 0 Å². The zero-order valence-electron chi connectivity index (χ0n) is 22.0. The van der Waals surface area contributed by atoms with Crippen LogP contribution in [0.1, 0.15) is 103 Å². The SMILES string of the molecule is COC1CCC(C2=CC3CCC(C(=O)O)CC3C=C2)CC1C12CCCC3CC(CCC1)CC(C3)C2. The largest absolute Gasteiger partial charge is 0.481 e. The van der Waals surface area contributed by atoms with Gasteiger partial charge in [-0.2, -0.15) is 0 Å². The van der Waals surface area contributed by atoms with Crippen LogP contribution in [0, 0.1) is 52.8 Å². The monoisotopic (exact) mass is 480 g/mol. The number of fused-ring (bicyclic) bond motifs is 4. The summed E-state index contributed by atoms with van der Waals surface area (Å²) in [4.78, 5) is 11.5. The van der Waals surface area contributed by atoms with Crippen LogP contribution in [-0.4, -0.2) is 24.3 Å². The molecule has 0 radical (unpaired) electrons. The molecule has 5 saturated carbocycles. The zero-order chi connectivity index (χ0) is 24.0. The molecular weight excluding hydrogens is 432 g/mol. The van der Waals surface area contributed by atoms with Gasteiger partial charge in [0.1, 0.15) is 0 Å². The molecule has 3 nitrogen and oxygen atoms in total. The maximum absolute atomic E-state index is 11.5. The molecule has 4 bridgehead atoms. The molecule has 0 spiro atoms. The molecule has 0 saturated heterocycles. The van der Waals surface area contributed by atoms with Crippen LogP contribution in [0.3, 0.4) is 0 Å². The summed E-state index contributed by atoms with van der Waals surface area (Å²) in [6, 6.07) is 0. The quantitative estimate of drug-likeness (QED) is 0.446. The molecule has 8 atom stereocenters. The number of methoxy groups -OCH3 is 1. The summed E-state index contributed by atoms with van der Waals surface area (Å²) in [5, 5.41) is 9.50. The molecule has 6 rings (SSSR count). The number of ether oxygens (including phenoxy) is 1. The van der Waals surface area contributed by atoms with E-state index >= 15 is 0 Å². The zero-order valence-corrected chi connectivity index (χ0v) is 22.0. The fraction of sp³-hybridized carbons (Fsp3) is 0.844. The van der Waals surface area contributed by atoms with Gasteiger partial charge in [0.2, 0.25) is 0 Å². The van der Waals surface area contributed by atoms with Crippen molar-refractivity contribution in [2.75, 3.05) is 7.11 Å². The molecule has 3 heteroatoms. The summed E-state index contributed by atoms with van der Waals surface area (Å²) in [7, 11) is 1.98. The summed E-state index contributed by atoms with van der Waals surface area (Å²) >= 11 is 0. The number of carbonyl (C=O) groups is 1. The number of hydrogen-bond donors (Lipinski definition) is 1. The van der Waals surface area contributed by atoms with E-state index in [4.69, 9.17) is 4.74 Å². The number of aliphatic carboxylic acids is 1. The number of allylic oxidation sites excluding steroid dienone is 4. The van der Waals surface area contributed by atoms with Crippen molar-refractivity contribution in [3.05, 3.63) is 23.8 Å². The molecule has 6 aliphatic rings. The van der Waals surface area contributed by atoms with Crippen LogP contribution in [-0.2, 0) is 9.53 Å². The summed E-state index contributed by atoms with van der Waals surface area (Å²) < 4.78 is 6.28. The first-order chi connectivity index (χ1) is 17.0. The Bertz CT molecular complexity index is 824. The van der Waals surface area contributed by atoms with Crippen molar-refractivity contribution in [3.63, 3.8) is 0 Å². The number of rotatable bonds is 4. The molecule has 0 aromatic rings. The minimum absolute atomic E-state index is 0.144. The first kappa shape index (κ1) is 24.3. The molecule has 35 heavy (non-hydrogen) atoms. The third-order valence-electron chi connectivity index (χ3n) is 11.9. The molecule has 194 valence electrons. The highest BCUT2D eigenvalue weighted by atomic mass is 16.5. The summed E-state index contributed by atoms with van der Waals surface area (Å²) in [5.41, 5.74) is 2.07. The maximum Gasteiger partial charge on any atom is 0.306 e. The summed E-state index contributed by atoms with van der Waals surface area (Å²) in [6.07, 6.45) is 29.1. The molecule has 6 aliphatic carbocycles. The van der Waals surface area contributed by atoms with Gasteiger partial charge < -0.3 is 9.84 Å². The Morgan fingerprint density at radius 1 is 0.886 bits per heavy atom. The van der Waals surface area contributed by atoms with Crippen LogP contribution in [0.4, 0.5) is 0 Å². The van der Waals surface area contributed by atoms with Crippen molar-refractivity contribution in [1.29, 1.82) is 0 Å². The fourth-order valence-corrected chi connectivity index (χ4v) is 10.3. The van der Waals surface area contributed by atoms with Gasteiger partial charge in [-0.25, -0.2) is 0 Å². The van der Waals surface area contributed by atoms with E-state index in [1.54, 1.807) is 5.57 Å². The second-order valence-corrected chi connectivity index (χ2v) is 13.7. The molecule has 1 N–H and O–H groups in total. The van der Waals surface area contributed by atoms with E-state index in [0.29, 0.717) is 35.2 Å². The van der Waals surface area contributed by atoms with Gasteiger partial charge >= 0.3 is 5.97 Å². The molecule has 0 heterocycles. The average molecular weight is 481 g/mol. The standard InChI is InChI=1S/C32H48O3/c1-35-30-11-10-27(25-6-7-26-18-28(31(33)34)9-8-24(26)17-25)19-29(30)32-12-2-4-21-14-22(5-3-13-32)16-23(15-21)20-32/h6-7,17,21-24,26-30H,2-5,8-16,18-20H2,1H3,(H,33,34). The lowest BCUT2D eigenvalue weighted by molar-refractivity contribution is -0.143. The van der Waals surface area contributed by atoms with Crippen molar-refractivity contribution in [2.24, 2.45) is 52.8 Å². The summed E-state index contributed by atoms with van der Waals surface area (Å²) in [6.45, 7) is 0. The predicted molar refractivity (Wildman–Crippen MR) is 140 cm³/mol. The Balaban J connectivity index is 1.22. The third-order valence-corrected chi connectivity index (χ3v) is 11.9. The van der Waals surface area contributed by atoms with E-state index < -0.39 is 5.97 Å². The van der Waals surface area contributed by atoms with Gasteiger partial charge in [-0.05, 0) is 129 Å². The predicted octanol–water partition coefficient (Wildman–Crippen LogP) is 7.81. The highest BCUT2D eigenvalue weighted by molar-refractivity contribution is 5.70. The number of carboxylic acids is 1. The Hall–Kier alpha value is -1.09. The van der Waals surface area contributed by atoms with E-state index in [1.807, 2.05) is 7.11 Å². The van der Waals surface area contributed by atoms with E-state index in [0.717, 1.165) is 37.0 Å². The molecule has 8 unspecified atom stereocenters. The Labute approximate surface area is 213 Å². The lowest BCUT2D eigenvalue weighted by atomic mass is 9.52. The van der Waals surface area contributed by atoms with Crippen LogP contribution >= 0.6 is 0 Å². The normalized spacial score (nSPS) is 47.7. The second kappa shape index (κ2) is 9.99. The van der Waals surface area contributed by atoms with Crippen LogP contribution in [0.2, 0.25) is 0 Å². The van der Waals surface area contributed by atoms with E-state index in [9.17, 15) is 9.90 Å². The fourth-order valence-electron chi connectivity index (χ4n) is 10.3. The van der Waals surface area contributed by atoms with Gasteiger partial charge in [0.05, 0.1) is 12.0 Å². The maximum atomic E-state index is 11.5. The van der Waals surface area contributed by atoms with Gasteiger partial charge in [-0.1, -0.05) is 43.9 Å². The highest BCUT2D eigenvalue weighted by Crippen LogP contribution is 2.58. The van der Waals surface area contributed by atoms with Crippen LogP contribution in [0.5, 0.6) is 0 Å². The summed E-state index contributed by atoms with van der Waals surface area (Å²) in [5.74, 6) is 4.63. The Morgan fingerprint density at radius 2 is 1.63 bits per heavy atom. The van der Waals surface area contributed by atoms with Crippen LogP contribution < -0.4 is 0 Å². The van der Waals surface area contributed by atoms with E-state index in [-0.39, 0.29) is 5.92 Å². The smallest absolute Gasteiger partial charge is 0.306 e. The minimum Gasteiger partial charge on any atom is -0.481 e. The molecule has 0 aliphatic heterocycles. The van der Waals surface area contributed by atoms with Crippen LogP contribution in [0.15, 0.2) is 23.8 Å². The lowest BCUT2D eigenvalue weighted by Gasteiger charge is -2.54. The average Bonchev–Trinajstić information content (AvgIpc) is 2.86. The first-order valence-electron chi connectivity index (χ1n) is 15.2. The van der Waals surface area contributed by atoms with Crippen molar-refractivity contribution < 1.29 is 14.6 Å². The lowest BCUT2D eigenvalue weighted by Crippen LogP contribution is -2.47. The van der Waals surface area contributed by atoms with Crippen molar-refractivity contribution >= 4 is 5.97 Å². The first-order valence-corrected chi connectivity index (χ1v) is 15.2. The molecule has 0 aromatic carbocycles. The topological polar surface area (TPSA) is 46.5 Å². The highest BCUT2D eigenvalue weighted by Gasteiger charge is 2.49. The van der Waals surface area contributed by atoms with Crippen molar-refractivity contribution in [3.8, 4) is 0 Å². The van der Waals surface area contributed by atoms with Crippen LogP contribution in [0.25, 0.3) is 0 Å². The van der Waals surface area contributed by atoms with Crippen molar-refractivity contribution in [2.45, 2.75) is 109 Å². The Morgan fingerprint density at radius 3 is 2.34 bits per heavy atom. The molecule has 0 aromatic heterocycles. The number of carboxylic acid groups (broad SMARTS) is 1. The van der Waals surface area contributed by atoms with Crippen molar-refractivity contribution in [1.82, 2.24) is 0 Å². The molecular formula is C32H48O3. The van der Waals surface area contributed by atoms with Gasteiger partial charge in [-0.3, -0.25) is 4.79 Å². The van der Waals surface area contributed by atoms with E-state index in [2.05, 4.69) is 18.2 Å². The van der Waals surface area contributed by atoms with Gasteiger partial charge in [-0.15, -0.1) is 0 Å². The molecule has 5 fully saturated rings. The van der Waals surface area contributed by atoms with E-state index in [1.165, 1.54) is 83.5 Å². The number of hydrogen-bond acceptors (Lipinski definition) is 2. The Kier molecular flexibility index (Phi) is 6.93. The minimum atomic E-state index is -0.597. The van der Waals surface area contributed by atoms with Gasteiger partial charge in [0.25, 0.3) is 0 Å². The third kappa shape index (κ3) is 4.80. The second-order valence-electron chi connectivity index (χ2n) is 13.7. The van der Waals surface area contributed by atoms with Gasteiger partial charge in [0, 0.05) is 7.11 Å². The molecule has 0 amide bonds.